The topological polar surface area (TPSA) is 76.5 Å². The Hall–Kier alpha value is -3.97. The second-order valence-electron chi connectivity index (χ2n) is 7.97. The van der Waals surface area contributed by atoms with Crippen LogP contribution in [-0.2, 0) is 11.8 Å². The molecule has 1 aliphatic rings. The lowest BCUT2D eigenvalue weighted by Gasteiger charge is -2.31. The van der Waals surface area contributed by atoms with E-state index in [4.69, 9.17) is 4.74 Å². The van der Waals surface area contributed by atoms with Gasteiger partial charge in [-0.1, -0.05) is 42.5 Å². The van der Waals surface area contributed by atoms with E-state index in [0.29, 0.717) is 35.5 Å². The van der Waals surface area contributed by atoms with E-state index in [1.54, 1.807) is 19.2 Å². The first-order valence-corrected chi connectivity index (χ1v) is 10.9. The van der Waals surface area contributed by atoms with Crippen molar-refractivity contribution in [2.75, 3.05) is 36.5 Å². The van der Waals surface area contributed by atoms with Gasteiger partial charge in [0, 0.05) is 36.7 Å². The number of rotatable bonds is 4. The van der Waals surface area contributed by atoms with Crippen LogP contribution in [0.4, 0.5) is 11.4 Å². The molecular weight excluding hydrogens is 416 g/mol. The minimum atomic E-state index is -0.180. The Kier molecular flexibility index (Phi) is 5.62. The summed E-state index contributed by atoms with van der Waals surface area (Å²) < 4.78 is 6.86. The Balaban J connectivity index is 1.62. The summed E-state index contributed by atoms with van der Waals surface area (Å²) in [5.74, 6) is -0.180. The third-order valence-corrected chi connectivity index (χ3v) is 5.86. The smallest absolute Gasteiger partial charge is 0.274 e. The summed E-state index contributed by atoms with van der Waals surface area (Å²) in [6.07, 6.45) is 0. The number of nitrogens with zero attached hydrogens (tertiary/aromatic N) is 3. The molecule has 33 heavy (non-hydrogen) atoms. The lowest BCUT2D eigenvalue weighted by molar-refractivity contribution is 0.102. The summed E-state index contributed by atoms with van der Waals surface area (Å²) in [6, 6.07) is 22.5. The highest BCUT2D eigenvalue weighted by molar-refractivity contribution is 6.06. The Morgan fingerprint density at radius 3 is 2.39 bits per heavy atom. The Bertz CT molecular complexity index is 1380. The van der Waals surface area contributed by atoms with Gasteiger partial charge in [0.05, 0.1) is 35.7 Å². The number of ether oxygens (including phenoxy) is 1. The van der Waals surface area contributed by atoms with Crippen molar-refractivity contribution in [1.82, 2.24) is 9.78 Å². The molecule has 0 aliphatic carbocycles. The molecule has 1 aromatic heterocycles. The number of fused-ring (bicyclic) bond motifs is 1. The van der Waals surface area contributed by atoms with Gasteiger partial charge in [0.1, 0.15) is 0 Å². The number of benzene rings is 3. The van der Waals surface area contributed by atoms with E-state index in [1.807, 2.05) is 60.7 Å². The highest BCUT2D eigenvalue weighted by Gasteiger charge is 2.19. The maximum absolute atomic E-state index is 13.0. The quantitative estimate of drug-likeness (QED) is 0.524. The summed E-state index contributed by atoms with van der Waals surface area (Å²) in [5, 5.41) is 9.03. The molecule has 0 atom stereocenters. The first-order valence-electron chi connectivity index (χ1n) is 10.9. The van der Waals surface area contributed by atoms with Crippen LogP contribution in [-0.4, -0.2) is 42.0 Å². The molecule has 1 saturated heterocycles. The van der Waals surface area contributed by atoms with Crippen LogP contribution in [0.5, 0.6) is 0 Å². The number of carbonyl (C=O) groups excluding carboxylic acids is 1. The zero-order valence-electron chi connectivity index (χ0n) is 18.3. The molecule has 5 rings (SSSR count). The van der Waals surface area contributed by atoms with Crippen LogP contribution in [0.2, 0.25) is 0 Å². The number of aromatic nitrogens is 2. The van der Waals surface area contributed by atoms with Crippen LogP contribution in [0.1, 0.15) is 10.4 Å². The van der Waals surface area contributed by atoms with Crippen LogP contribution in [0.25, 0.3) is 22.0 Å². The van der Waals surface area contributed by atoms with Gasteiger partial charge in [-0.05, 0) is 30.3 Å². The first-order chi connectivity index (χ1) is 16.1. The van der Waals surface area contributed by atoms with E-state index in [-0.39, 0.29) is 11.5 Å². The first kappa shape index (κ1) is 20.9. The molecule has 1 fully saturated rings. The molecule has 166 valence electrons. The molecule has 0 spiro atoms. The van der Waals surface area contributed by atoms with Crippen molar-refractivity contribution in [2.24, 2.45) is 7.05 Å². The minimum absolute atomic E-state index is 0.142. The van der Waals surface area contributed by atoms with Crippen molar-refractivity contribution in [3.05, 3.63) is 88.7 Å². The number of carbonyl (C=O) groups is 1. The molecule has 0 radical (unpaired) electrons. The Morgan fingerprint density at radius 1 is 0.939 bits per heavy atom. The second-order valence-corrected chi connectivity index (χ2v) is 7.97. The predicted molar refractivity (Wildman–Crippen MR) is 130 cm³/mol. The minimum Gasteiger partial charge on any atom is -0.378 e. The monoisotopic (exact) mass is 440 g/mol. The summed E-state index contributed by atoms with van der Waals surface area (Å²) in [5.41, 5.74) is 3.58. The maximum atomic E-state index is 13.0. The van der Waals surface area contributed by atoms with Gasteiger partial charge in [0.2, 0.25) is 0 Å². The summed E-state index contributed by atoms with van der Waals surface area (Å²) in [4.78, 5) is 27.8. The van der Waals surface area contributed by atoms with Crippen molar-refractivity contribution in [1.29, 1.82) is 0 Å². The summed E-state index contributed by atoms with van der Waals surface area (Å²) in [6.45, 7) is 2.77. The van der Waals surface area contributed by atoms with Gasteiger partial charge < -0.3 is 15.0 Å². The Morgan fingerprint density at radius 2 is 1.64 bits per heavy atom. The SMILES string of the molecule is Cn1nc(-c2ccc(N3CCOCC3)c(NC(=O)c3ccccc3)c2)c2ccccc2c1=O. The van der Waals surface area contributed by atoms with Crippen molar-refractivity contribution in [2.45, 2.75) is 0 Å². The van der Waals surface area contributed by atoms with Gasteiger partial charge in [0.25, 0.3) is 11.5 Å². The van der Waals surface area contributed by atoms with Gasteiger partial charge in [-0.25, -0.2) is 4.68 Å². The van der Waals surface area contributed by atoms with Crippen LogP contribution >= 0.6 is 0 Å². The van der Waals surface area contributed by atoms with Crippen molar-refractivity contribution < 1.29 is 9.53 Å². The molecule has 3 aromatic carbocycles. The van der Waals surface area contributed by atoms with Gasteiger partial charge in [-0.15, -0.1) is 0 Å². The summed E-state index contributed by atoms with van der Waals surface area (Å²) in [7, 11) is 1.65. The zero-order valence-corrected chi connectivity index (χ0v) is 18.3. The normalized spacial score (nSPS) is 13.8. The van der Waals surface area contributed by atoms with Crippen LogP contribution in [0.15, 0.2) is 77.6 Å². The maximum Gasteiger partial charge on any atom is 0.274 e. The lowest BCUT2D eigenvalue weighted by Crippen LogP contribution is -2.36. The molecule has 7 nitrogen and oxygen atoms in total. The van der Waals surface area contributed by atoms with Gasteiger partial charge in [-0.3, -0.25) is 9.59 Å². The largest absolute Gasteiger partial charge is 0.378 e. The fraction of sp³-hybridized carbons (Fsp3) is 0.192. The standard InChI is InChI=1S/C26H24N4O3/c1-29-26(32)21-10-6-5-9-20(21)24(28-29)19-11-12-23(30-13-15-33-16-14-30)22(17-19)27-25(31)18-7-3-2-4-8-18/h2-12,17H,13-16H2,1H3,(H,27,31). The number of morpholine rings is 1. The average Bonchev–Trinajstić information content (AvgIpc) is 2.87. The zero-order chi connectivity index (χ0) is 22.8. The predicted octanol–water partition coefficient (Wildman–Crippen LogP) is 3.69. The van der Waals surface area contributed by atoms with Crippen molar-refractivity contribution >= 4 is 28.1 Å². The number of amides is 1. The highest BCUT2D eigenvalue weighted by atomic mass is 16.5. The molecule has 7 heteroatoms. The van der Waals surface area contributed by atoms with Crippen LogP contribution < -0.4 is 15.8 Å². The highest BCUT2D eigenvalue weighted by Crippen LogP contribution is 2.34. The molecule has 2 heterocycles. The van der Waals surface area contributed by atoms with E-state index in [1.165, 1.54) is 4.68 Å². The third-order valence-electron chi connectivity index (χ3n) is 5.86. The molecule has 0 unspecified atom stereocenters. The number of aryl methyl sites for hydroxylation is 1. The lowest BCUT2D eigenvalue weighted by atomic mass is 10.0. The van der Waals surface area contributed by atoms with Crippen molar-refractivity contribution in [3.63, 3.8) is 0 Å². The number of anilines is 2. The van der Waals surface area contributed by atoms with E-state index < -0.39 is 0 Å². The third kappa shape index (κ3) is 4.10. The number of hydrogen-bond acceptors (Lipinski definition) is 5. The van der Waals surface area contributed by atoms with Crippen LogP contribution in [0, 0.1) is 0 Å². The van der Waals surface area contributed by atoms with Gasteiger partial charge in [0.15, 0.2) is 0 Å². The molecule has 1 amide bonds. The van der Waals surface area contributed by atoms with Crippen molar-refractivity contribution in [3.8, 4) is 11.3 Å². The molecule has 0 saturated carbocycles. The molecule has 0 bridgehead atoms. The number of hydrogen-bond donors (Lipinski definition) is 1. The van der Waals surface area contributed by atoms with Crippen LogP contribution in [0.3, 0.4) is 0 Å². The molecule has 1 aliphatic heterocycles. The van der Waals surface area contributed by atoms with E-state index in [0.717, 1.165) is 29.7 Å². The summed E-state index contributed by atoms with van der Waals surface area (Å²) >= 11 is 0. The molecular formula is C26H24N4O3. The van der Waals surface area contributed by atoms with Gasteiger partial charge >= 0.3 is 0 Å². The Labute approximate surface area is 191 Å². The fourth-order valence-corrected chi connectivity index (χ4v) is 4.16. The van der Waals surface area contributed by atoms with Gasteiger partial charge in [-0.2, -0.15) is 5.10 Å². The number of nitrogens with one attached hydrogen (secondary N) is 1. The molecule has 4 aromatic rings. The fourth-order valence-electron chi connectivity index (χ4n) is 4.16. The van der Waals surface area contributed by atoms with E-state index >= 15 is 0 Å². The van der Waals surface area contributed by atoms with E-state index in [9.17, 15) is 9.59 Å². The van der Waals surface area contributed by atoms with E-state index in [2.05, 4.69) is 15.3 Å². The molecule has 1 N–H and O–H groups in total. The average molecular weight is 441 g/mol. The second kappa shape index (κ2) is 8.88.